The van der Waals surface area contributed by atoms with Crippen LogP contribution in [0.4, 0.5) is 0 Å². The lowest BCUT2D eigenvalue weighted by molar-refractivity contribution is -0.161. The Morgan fingerprint density at radius 3 is 2.22 bits per heavy atom. The molecule has 0 aromatic carbocycles. The van der Waals surface area contributed by atoms with Crippen LogP contribution < -0.4 is 0 Å². The topological polar surface area (TPSA) is 40.5 Å². The molecule has 5 aliphatic carbocycles. The lowest BCUT2D eigenvalue weighted by atomic mass is 9.41. The van der Waals surface area contributed by atoms with Gasteiger partial charge < -0.3 is 10.2 Å². The first-order valence-corrected chi connectivity index (χ1v) is 13.9. The molecule has 182 valence electrons. The van der Waals surface area contributed by atoms with Gasteiger partial charge in [-0.1, -0.05) is 46.8 Å². The Morgan fingerprint density at radius 2 is 1.53 bits per heavy atom. The lowest BCUT2D eigenvalue weighted by Crippen LogP contribution is -2.57. The van der Waals surface area contributed by atoms with Gasteiger partial charge in [0, 0.05) is 0 Å². The van der Waals surface area contributed by atoms with E-state index in [1.54, 1.807) is 0 Å². The van der Waals surface area contributed by atoms with E-state index in [4.69, 9.17) is 0 Å². The van der Waals surface area contributed by atoms with E-state index in [-0.39, 0.29) is 17.6 Å². The third-order valence-corrected chi connectivity index (χ3v) is 13.3. The van der Waals surface area contributed by atoms with Crippen LogP contribution in [0.15, 0.2) is 12.2 Å². The predicted molar refractivity (Wildman–Crippen MR) is 132 cm³/mol. The number of aliphatic hydroxyl groups excluding tert-OH is 2. The average Bonchev–Trinajstić information content (AvgIpc) is 3.31. The van der Waals surface area contributed by atoms with E-state index in [0.717, 1.165) is 42.6 Å². The maximum atomic E-state index is 10.8. The molecule has 0 aliphatic heterocycles. The van der Waals surface area contributed by atoms with Gasteiger partial charge in [-0.2, -0.15) is 0 Å². The molecule has 2 N–H and O–H groups in total. The van der Waals surface area contributed by atoms with E-state index < -0.39 is 0 Å². The van der Waals surface area contributed by atoms with Gasteiger partial charge >= 0.3 is 0 Å². The van der Waals surface area contributed by atoms with Gasteiger partial charge in [0.05, 0.1) is 12.2 Å². The minimum absolute atomic E-state index is 0.0885. The fourth-order valence-corrected chi connectivity index (χ4v) is 11.2. The Morgan fingerprint density at radius 1 is 0.875 bits per heavy atom. The summed E-state index contributed by atoms with van der Waals surface area (Å²) in [5.74, 6) is 3.08. The van der Waals surface area contributed by atoms with Crippen LogP contribution in [0.1, 0.15) is 112 Å². The predicted octanol–water partition coefficient (Wildman–Crippen LogP) is 7.14. The molecular weight excluding hydrogens is 392 g/mol. The highest BCUT2D eigenvalue weighted by molar-refractivity contribution is 5.30. The zero-order valence-corrected chi connectivity index (χ0v) is 21.8. The highest BCUT2D eigenvalue weighted by Crippen LogP contribution is 2.89. The van der Waals surface area contributed by atoms with Crippen molar-refractivity contribution in [3.05, 3.63) is 12.2 Å². The molecule has 0 aromatic heterocycles. The summed E-state index contributed by atoms with van der Waals surface area (Å²) in [5.41, 5.74) is 3.03. The fraction of sp³-hybridized carbons (Fsp3) is 0.933. The minimum Gasteiger partial charge on any atom is -0.393 e. The van der Waals surface area contributed by atoms with E-state index in [1.807, 2.05) is 6.92 Å². The van der Waals surface area contributed by atoms with Crippen molar-refractivity contribution in [2.24, 2.45) is 50.7 Å². The molecule has 5 saturated carbocycles. The second-order valence-corrected chi connectivity index (χ2v) is 14.4. The molecule has 0 bridgehead atoms. The van der Waals surface area contributed by atoms with Gasteiger partial charge in [0.15, 0.2) is 0 Å². The lowest BCUT2D eigenvalue weighted by Gasteiger charge is -2.63. The summed E-state index contributed by atoms with van der Waals surface area (Å²) >= 11 is 0. The molecule has 10 atom stereocenters. The first-order chi connectivity index (χ1) is 14.9. The molecule has 0 heterocycles. The molecule has 2 heteroatoms. The Labute approximate surface area is 197 Å². The van der Waals surface area contributed by atoms with Gasteiger partial charge in [0.2, 0.25) is 0 Å². The molecule has 5 fully saturated rings. The van der Waals surface area contributed by atoms with Crippen LogP contribution >= 0.6 is 0 Å². The van der Waals surface area contributed by atoms with Gasteiger partial charge in [0.25, 0.3) is 0 Å². The minimum atomic E-state index is -0.334. The van der Waals surface area contributed by atoms with Gasteiger partial charge in [0.1, 0.15) is 0 Å². The summed E-state index contributed by atoms with van der Waals surface area (Å²) in [4.78, 5) is 0. The average molecular weight is 443 g/mol. The van der Waals surface area contributed by atoms with Crippen molar-refractivity contribution in [1.29, 1.82) is 0 Å². The summed E-state index contributed by atoms with van der Waals surface area (Å²) < 4.78 is 0. The standard InChI is InChI=1S/C30H50O2/c1-19(2)22(31)9-8-20(3)21-12-14-28(7)24-11-10-23-26(4,5)25(32)13-15-29(23)18-30(24,29)17-16-27(21,28)6/h20-25,31-32H,1,8-18H2,2-7H3/t20-,21?,22?,23-,24+,25-,27+,28+,29-,30-/m1/s1. The van der Waals surface area contributed by atoms with E-state index in [0.29, 0.717) is 27.6 Å². The summed E-state index contributed by atoms with van der Waals surface area (Å²) in [6.07, 6.45) is 13.7. The van der Waals surface area contributed by atoms with Crippen molar-refractivity contribution in [1.82, 2.24) is 0 Å². The van der Waals surface area contributed by atoms with Crippen molar-refractivity contribution >= 4 is 0 Å². The van der Waals surface area contributed by atoms with Crippen molar-refractivity contribution in [3.63, 3.8) is 0 Å². The Bertz CT molecular complexity index is 786. The molecule has 32 heavy (non-hydrogen) atoms. The third-order valence-electron chi connectivity index (χ3n) is 13.3. The molecule has 2 spiro atoms. The van der Waals surface area contributed by atoms with Gasteiger partial charge in [-0.05, 0) is 128 Å². The van der Waals surface area contributed by atoms with Gasteiger partial charge in [-0.25, -0.2) is 0 Å². The zero-order valence-electron chi connectivity index (χ0n) is 21.8. The molecule has 0 radical (unpaired) electrons. The van der Waals surface area contributed by atoms with Crippen LogP contribution in [0, 0.1) is 50.7 Å². The highest BCUT2D eigenvalue weighted by atomic mass is 16.3. The Kier molecular flexibility index (Phi) is 5.19. The second kappa shape index (κ2) is 7.09. The largest absolute Gasteiger partial charge is 0.393 e. The molecular formula is C30H50O2. The summed E-state index contributed by atoms with van der Waals surface area (Å²) in [6.45, 7) is 18.5. The van der Waals surface area contributed by atoms with Crippen LogP contribution in [0.25, 0.3) is 0 Å². The van der Waals surface area contributed by atoms with Crippen molar-refractivity contribution in [3.8, 4) is 0 Å². The first-order valence-electron chi connectivity index (χ1n) is 13.9. The number of hydrogen-bond donors (Lipinski definition) is 2. The molecule has 2 nitrogen and oxygen atoms in total. The first kappa shape index (κ1) is 23.4. The Balaban J connectivity index is 1.39. The van der Waals surface area contributed by atoms with Crippen LogP contribution in [-0.4, -0.2) is 22.4 Å². The molecule has 5 rings (SSSR count). The van der Waals surface area contributed by atoms with Crippen molar-refractivity contribution in [2.45, 2.75) is 124 Å². The molecule has 0 amide bonds. The number of aliphatic hydroxyl groups is 2. The zero-order chi connectivity index (χ0) is 23.3. The number of fused-ring (bicyclic) bond motifs is 2. The van der Waals surface area contributed by atoms with Crippen LogP contribution in [-0.2, 0) is 0 Å². The van der Waals surface area contributed by atoms with Crippen LogP contribution in [0.5, 0.6) is 0 Å². The summed E-state index contributed by atoms with van der Waals surface area (Å²) in [5, 5.41) is 21.2. The van der Waals surface area contributed by atoms with E-state index in [1.165, 1.54) is 51.4 Å². The normalized spacial score (nSPS) is 52.8. The van der Waals surface area contributed by atoms with Gasteiger partial charge in [-0.15, -0.1) is 0 Å². The number of rotatable bonds is 5. The summed E-state index contributed by atoms with van der Waals surface area (Å²) in [6, 6.07) is 0. The van der Waals surface area contributed by atoms with Crippen LogP contribution in [0.2, 0.25) is 0 Å². The monoisotopic (exact) mass is 442 g/mol. The molecule has 0 saturated heterocycles. The van der Waals surface area contributed by atoms with Crippen molar-refractivity contribution in [2.75, 3.05) is 0 Å². The molecule has 5 aliphatic rings. The Hall–Kier alpha value is -0.340. The second-order valence-electron chi connectivity index (χ2n) is 14.4. The van der Waals surface area contributed by atoms with Crippen LogP contribution in [0.3, 0.4) is 0 Å². The van der Waals surface area contributed by atoms with Crippen molar-refractivity contribution < 1.29 is 10.2 Å². The maximum absolute atomic E-state index is 10.8. The maximum Gasteiger partial charge on any atom is 0.0744 e. The highest BCUT2D eigenvalue weighted by Gasteiger charge is 2.82. The van der Waals surface area contributed by atoms with E-state index >= 15 is 0 Å². The smallest absolute Gasteiger partial charge is 0.0744 e. The quantitative estimate of drug-likeness (QED) is 0.444. The SMILES string of the molecule is C=C(C)C(O)CC[C@@H](C)C1CC[C@@]2(C)[C@@H]3CC[C@@H]4C(C)(C)[C@H](O)CC[C@@]45C[C@]35CC[C@@]12C. The molecule has 2 unspecified atom stereocenters. The van der Waals surface area contributed by atoms with E-state index in [9.17, 15) is 10.2 Å². The van der Waals surface area contributed by atoms with E-state index in [2.05, 4.69) is 41.2 Å². The third kappa shape index (κ3) is 2.72. The molecule has 0 aromatic rings. The number of hydrogen-bond acceptors (Lipinski definition) is 2. The van der Waals surface area contributed by atoms with Gasteiger partial charge in [-0.3, -0.25) is 0 Å². The summed E-state index contributed by atoms with van der Waals surface area (Å²) in [7, 11) is 0. The fourth-order valence-electron chi connectivity index (χ4n) is 11.2.